The molecule has 2 amide bonds. The lowest BCUT2D eigenvalue weighted by atomic mass is 9.86. The minimum absolute atomic E-state index is 0.0334. The number of hydrogen-bond acceptors (Lipinski definition) is 6. The summed E-state index contributed by atoms with van der Waals surface area (Å²) in [6.45, 7) is 1.50. The summed E-state index contributed by atoms with van der Waals surface area (Å²) in [5.74, 6) is 0.785. The van der Waals surface area contributed by atoms with Gasteiger partial charge in [-0.1, -0.05) is 6.07 Å². The van der Waals surface area contributed by atoms with Gasteiger partial charge in [-0.25, -0.2) is 0 Å². The zero-order valence-corrected chi connectivity index (χ0v) is 16.9. The number of hydrogen-bond donors (Lipinski definition) is 3. The third-order valence-corrected chi connectivity index (χ3v) is 4.68. The van der Waals surface area contributed by atoms with Crippen molar-refractivity contribution < 1.29 is 24.2 Å². The fourth-order valence-corrected chi connectivity index (χ4v) is 3.05. The van der Waals surface area contributed by atoms with Crippen molar-refractivity contribution in [2.24, 2.45) is 0 Å². The van der Waals surface area contributed by atoms with Gasteiger partial charge >= 0.3 is 0 Å². The zero-order valence-electron chi connectivity index (χ0n) is 16.9. The second kappa shape index (κ2) is 11.1. The predicted octanol–water partition coefficient (Wildman–Crippen LogP) is 0.477. The maximum atomic E-state index is 12.6. The summed E-state index contributed by atoms with van der Waals surface area (Å²) in [4.78, 5) is 36.5. The third kappa shape index (κ3) is 6.41. The first-order chi connectivity index (χ1) is 13.3. The lowest BCUT2D eigenvalue weighted by Gasteiger charge is -2.41. The first-order valence-corrected chi connectivity index (χ1v) is 8.96. The number of carbonyl (C=O) groups excluding carboxylic acids is 2. The number of nitrogens with one attached hydrogen (secondary N) is 2. The van der Waals surface area contributed by atoms with Gasteiger partial charge in [-0.2, -0.15) is 0 Å². The van der Waals surface area contributed by atoms with Crippen molar-refractivity contribution in [1.82, 2.24) is 15.1 Å². The molecule has 1 saturated heterocycles. The van der Waals surface area contributed by atoms with Crippen LogP contribution in [0.4, 0.5) is 5.69 Å². The Bertz CT molecular complexity index is 657. The van der Waals surface area contributed by atoms with Crippen LogP contribution in [-0.2, 0) is 14.4 Å². The Hall–Kier alpha value is -2.81. The summed E-state index contributed by atoms with van der Waals surface area (Å²) in [6, 6.07) is 7.57. The number of anilines is 1. The average molecular weight is 394 g/mol. The molecule has 156 valence electrons. The van der Waals surface area contributed by atoms with Gasteiger partial charge in [0.2, 0.25) is 11.8 Å². The van der Waals surface area contributed by atoms with Crippen LogP contribution in [0.5, 0.6) is 5.75 Å². The smallest absolute Gasteiger partial charge is 0.290 e. The number of piperidine rings is 1. The van der Waals surface area contributed by atoms with Gasteiger partial charge in [-0.15, -0.1) is 0 Å². The van der Waals surface area contributed by atoms with Gasteiger partial charge in [0.25, 0.3) is 6.47 Å². The number of ether oxygens (including phenoxy) is 1. The van der Waals surface area contributed by atoms with Crippen molar-refractivity contribution in [1.29, 1.82) is 0 Å². The Kier molecular flexibility index (Phi) is 9.23. The van der Waals surface area contributed by atoms with E-state index in [2.05, 4.69) is 15.5 Å². The standard InChI is InChI=1S/C18H28N4O3.CH2O2/c1-19-17(24)18(20-14-6-5-7-15(12-14)25-4)8-10-22(11-9-18)13-16(23)21(2)3;2-1-3/h5-7,12,20H,8-11,13H2,1-4H3,(H,19,24);1H,(H,2,3). The minimum atomic E-state index is -0.682. The van der Waals surface area contributed by atoms with Crippen LogP contribution in [-0.4, -0.2) is 86.6 Å². The van der Waals surface area contributed by atoms with Crippen LogP contribution in [0.25, 0.3) is 0 Å². The largest absolute Gasteiger partial charge is 0.497 e. The molecule has 0 spiro atoms. The van der Waals surface area contributed by atoms with Crippen LogP contribution in [0.2, 0.25) is 0 Å². The Morgan fingerprint density at radius 3 is 2.43 bits per heavy atom. The van der Waals surface area contributed by atoms with Crippen molar-refractivity contribution in [3.05, 3.63) is 24.3 Å². The molecule has 0 aromatic heterocycles. The van der Waals surface area contributed by atoms with Gasteiger partial charge < -0.3 is 25.4 Å². The van der Waals surface area contributed by atoms with Gasteiger partial charge in [0.15, 0.2) is 0 Å². The monoisotopic (exact) mass is 394 g/mol. The number of rotatable bonds is 6. The molecule has 9 nitrogen and oxygen atoms in total. The predicted molar refractivity (Wildman–Crippen MR) is 106 cm³/mol. The molecule has 0 aliphatic carbocycles. The number of amides is 2. The van der Waals surface area contributed by atoms with E-state index in [4.69, 9.17) is 14.6 Å². The van der Waals surface area contributed by atoms with E-state index in [0.29, 0.717) is 32.5 Å². The van der Waals surface area contributed by atoms with E-state index in [9.17, 15) is 9.59 Å². The molecule has 9 heteroatoms. The van der Waals surface area contributed by atoms with E-state index < -0.39 is 5.54 Å². The highest BCUT2D eigenvalue weighted by molar-refractivity contribution is 5.89. The van der Waals surface area contributed by atoms with Gasteiger partial charge in [-0.05, 0) is 25.0 Å². The second-order valence-corrected chi connectivity index (χ2v) is 6.69. The Morgan fingerprint density at radius 2 is 1.93 bits per heavy atom. The van der Waals surface area contributed by atoms with E-state index in [1.807, 2.05) is 24.3 Å². The normalized spacial score (nSPS) is 15.4. The molecule has 0 saturated carbocycles. The molecule has 1 aromatic rings. The van der Waals surface area contributed by atoms with E-state index in [0.717, 1.165) is 11.4 Å². The maximum absolute atomic E-state index is 12.6. The van der Waals surface area contributed by atoms with Crippen LogP contribution in [0.1, 0.15) is 12.8 Å². The summed E-state index contributed by atoms with van der Waals surface area (Å²) in [5.41, 5.74) is 0.166. The summed E-state index contributed by atoms with van der Waals surface area (Å²) in [6.07, 6.45) is 1.26. The number of methoxy groups -OCH3 is 1. The van der Waals surface area contributed by atoms with E-state index >= 15 is 0 Å². The molecule has 1 aliphatic rings. The summed E-state index contributed by atoms with van der Waals surface area (Å²) in [5, 5.41) is 13.1. The van der Waals surface area contributed by atoms with E-state index in [1.165, 1.54) is 0 Å². The van der Waals surface area contributed by atoms with Crippen molar-refractivity contribution in [3.63, 3.8) is 0 Å². The number of nitrogens with zero attached hydrogens (tertiary/aromatic N) is 2. The highest BCUT2D eigenvalue weighted by Gasteiger charge is 2.41. The fourth-order valence-electron chi connectivity index (χ4n) is 3.05. The second-order valence-electron chi connectivity index (χ2n) is 6.69. The number of carbonyl (C=O) groups is 3. The summed E-state index contributed by atoms with van der Waals surface area (Å²) in [7, 11) is 6.78. The lowest BCUT2D eigenvalue weighted by molar-refractivity contribution is -0.131. The molecule has 0 atom stereocenters. The minimum Gasteiger partial charge on any atom is -0.497 e. The van der Waals surface area contributed by atoms with Gasteiger partial charge in [-0.3, -0.25) is 19.3 Å². The van der Waals surface area contributed by atoms with Crippen molar-refractivity contribution in [3.8, 4) is 5.75 Å². The molecule has 1 aromatic carbocycles. The lowest BCUT2D eigenvalue weighted by Crippen LogP contribution is -2.58. The topological polar surface area (TPSA) is 111 Å². The van der Waals surface area contributed by atoms with E-state index in [1.54, 1.807) is 33.2 Å². The summed E-state index contributed by atoms with van der Waals surface area (Å²) >= 11 is 0. The van der Waals surface area contributed by atoms with Gasteiger partial charge in [0.1, 0.15) is 11.3 Å². The molecule has 3 N–H and O–H groups in total. The molecule has 2 rings (SSSR count). The first kappa shape index (κ1) is 23.2. The fraction of sp³-hybridized carbons (Fsp3) is 0.526. The quantitative estimate of drug-likeness (QED) is 0.602. The highest BCUT2D eigenvalue weighted by Crippen LogP contribution is 2.29. The maximum Gasteiger partial charge on any atom is 0.290 e. The number of likely N-dealkylation sites (tertiary alicyclic amines) is 1. The van der Waals surface area contributed by atoms with Crippen LogP contribution in [0.15, 0.2) is 24.3 Å². The van der Waals surface area contributed by atoms with Crippen LogP contribution >= 0.6 is 0 Å². The molecule has 1 heterocycles. The molecule has 0 bridgehead atoms. The highest BCUT2D eigenvalue weighted by atomic mass is 16.5. The van der Waals surface area contributed by atoms with Crippen molar-refractivity contribution in [2.45, 2.75) is 18.4 Å². The number of benzene rings is 1. The van der Waals surface area contributed by atoms with Crippen molar-refractivity contribution in [2.75, 3.05) is 53.2 Å². The summed E-state index contributed by atoms with van der Waals surface area (Å²) < 4.78 is 5.26. The molecular formula is C19H30N4O5. The number of carboxylic acid groups (broad SMARTS) is 1. The molecule has 1 aliphatic heterocycles. The van der Waals surface area contributed by atoms with Gasteiger partial charge in [0.05, 0.1) is 13.7 Å². The van der Waals surface area contributed by atoms with Crippen LogP contribution in [0, 0.1) is 0 Å². The van der Waals surface area contributed by atoms with Crippen LogP contribution < -0.4 is 15.4 Å². The molecule has 0 unspecified atom stereocenters. The molecule has 28 heavy (non-hydrogen) atoms. The van der Waals surface area contributed by atoms with E-state index in [-0.39, 0.29) is 18.3 Å². The number of likely N-dealkylation sites (N-methyl/N-ethyl adjacent to an activating group) is 2. The molecular weight excluding hydrogens is 364 g/mol. The van der Waals surface area contributed by atoms with Gasteiger partial charge in [0, 0.05) is 46.0 Å². The first-order valence-electron chi connectivity index (χ1n) is 8.96. The molecule has 0 radical (unpaired) electrons. The Morgan fingerprint density at radius 1 is 1.32 bits per heavy atom. The average Bonchev–Trinajstić information content (AvgIpc) is 2.69. The third-order valence-electron chi connectivity index (χ3n) is 4.68. The Balaban J connectivity index is 0.00000122. The zero-order chi connectivity index (χ0) is 21.2. The van der Waals surface area contributed by atoms with Crippen molar-refractivity contribution >= 4 is 24.0 Å². The van der Waals surface area contributed by atoms with Crippen LogP contribution in [0.3, 0.4) is 0 Å². The Labute approximate surface area is 165 Å². The molecule has 1 fully saturated rings. The SMILES string of the molecule is CNC(=O)C1(Nc2cccc(OC)c2)CCN(CC(=O)N(C)C)CC1.O=CO.